The number of aromatic nitrogens is 1. The zero-order chi connectivity index (χ0) is 37.5. The average Bonchev–Trinajstić information content (AvgIpc) is 3.96. The van der Waals surface area contributed by atoms with Gasteiger partial charge in [0.2, 0.25) is 0 Å². The van der Waals surface area contributed by atoms with Crippen LogP contribution in [0.2, 0.25) is 0 Å². The van der Waals surface area contributed by atoms with Crippen LogP contribution >= 0.6 is 0 Å². The van der Waals surface area contributed by atoms with Crippen molar-refractivity contribution in [3.63, 3.8) is 0 Å². The van der Waals surface area contributed by atoms with Crippen LogP contribution in [0, 0.1) is 0 Å². The Morgan fingerprint density at radius 1 is 0.474 bits per heavy atom. The molecule has 0 radical (unpaired) electrons. The molecule has 12 rings (SSSR count). The third-order valence-corrected chi connectivity index (χ3v) is 11.3. The monoisotopic (exact) mass is 732 g/mol. The Kier molecular flexibility index (Phi) is 6.89. The number of benzene rings is 8. The van der Waals surface area contributed by atoms with E-state index in [1.165, 1.54) is 10.8 Å². The van der Waals surface area contributed by atoms with Crippen molar-refractivity contribution in [2.24, 2.45) is 9.98 Å². The third kappa shape index (κ3) is 4.90. The van der Waals surface area contributed by atoms with E-state index >= 15 is 0 Å². The van der Waals surface area contributed by atoms with Crippen LogP contribution in [-0.2, 0) is 0 Å². The Labute approximate surface area is 326 Å². The van der Waals surface area contributed by atoms with E-state index in [1.54, 1.807) is 0 Å². The highest BCUT2D eigenvalue weighted by molar-refractivity contribution is 6.17. The minimum atomic E-state index is -0.414. The number of para-hydroxylation sites is 3. The standard InChI is InChI=1S/C51H32N4O2/c1-3-14-31(15-4-1)49-52-50(32-16-5-2-6-17-32)54-51(53-49)39-22-13-27-44-47(39)46-34(20-12-26-43(46)56-44)33-28-29-37-38-21-11-25-42(48(38)57-45(37)30-33)55-40-23-9-7-18-35(40)36-19-8-10-24-41(36)55/h1-30,51H,(H,52,53,54). The second-order valence-electron chi connectivity index (χ2n) is 14.5. The molecule has 0 aliphatic carbocycles. The zero-order valence-corrected chi connectivity index (χ0v) is 30.6. The molecule has 4 heterocycles. The lowest BCUT2D eigenvalue weighted by Crippen LogP contribution is -2.33. The van der Waals surface area contributed by atoms with E-state index in [-0.39, 0.29) is 0 Å². The summed E-state index contributed by atoms with van der Waals surface area (Å²) in [6.07, 6.45) is -0.414. The first kappa shape index (κ1) is 31.6. The van der Waals surface area contributed by atoms with Crippen molar-refractivity contribution in [2.45, 2.75) is 6.17 Å². The number of amidine groups is 2. The van der Waals surface area contributed by atoms with Gasteiger partial charge in [0.1, 0.15) is 28.8 Å². The predicted octanol–water partition coefficient (Wildman–Crippen LogP) is 12.7. The topological polar surface area (TPSA) is 68.0 Å². The molecule has 268 valence electrons. The number of aliphatic imine (C=N–C) groups is 2. The minimum Gasteiger partial charge on any atom is -0.456 e. The normalized spacial score (nSPS) is 14.5. The van der Waals surface area contributed by atoms with Crippen LogP contribution in [0.5, 0.6) is 0 Å². The largest absolute Gasteiger partial charge is 0.456 e. The average molecular weight is 733 g/mol. The molecule has 3 aromatic heterocycles. The predicted molar refractivity (Wildman–Crippen MR) is 233 cm³/mol. The number of hydrogen-bond donors (Lipinski definition) is 1. The van der Waals surface area contributed by atoms with Crippen molar-refractivity contribution in [3.8, 4) is 16.8 Å². The van der Waals surface area contributed by atoms with Gasteiger partial charge in [-0.25, -0.2) is 9.98 Å². The number of fused-ring (bicyclic) bond motifs is 9. The summed E-state index contributed by atoms with van der Waals surface area (Å²) in [7, 11) is 0. The zero-order valence-electron chi connectivity index (χ0n) is 30.6. The second kappa shape index (κ2) is 12.4. The van der Waals surface area contributed by atoms with Crippen LogP contribution in [0.15, 0.2) is 201 Å². The Balaban J connectivity index is 1.03. The summed E-state index contributed by atoms with van der Waals surface area (Å²) < 4.78 is 15.8. The van der Waals surface area contributed by atoms with E-state index in [0.29, 0.717) is 5.84 Å². The SMILES string of the molecule is c1ccc(C2=NC(c3cccc4oc5cccc(-c6ccc7c(c6)oc6c(-n8c9ccccc9c9ccccc98)cccc67)c5c34)NC(c3ccccc3)=N2)cc1. The number of nitrogens with zero attached hydrogens (tertiary/aromatic N) is 3. The van der Waals surface area contributed by atoms with Gasteiger partial charge in [0.05, 0.1) is 16.7 Å². The van der Waals surface area contributed by atoms with Crippen LogP contribution in [0.4, 0.5) is 0 Å². The summed E-state index contributed by atoms with van der Waals surface area (Å²) in [4.78, 5) is 10.2. The van der Waals surface area contributed by atoms with Crippen LogP contribution in [0.3, 0.4) is 0 Å². The molecule has 6 heteroatoms. The molecular formula is C51H32N4O2. The van der Waals surface area contributed by atoms with Crippen LogP contribution in [-0.4, -0.2) is 16.2 Å². The van der Waals surface area contributed by atoms with E-state index in [9.17, 15) is 0 Å². The van der Waals surface area contributed by atoms with Crippen molar-refractivity contribution >= 4 is 77.4 Å². The molecule has 0 saturated carbocycles. The lowest BCUT2D eigenvalue weighted by atomic mass is 9.95. The van der Waals surface area contributed by atoms with Gasteiger partial charge in [-0.2, -0.15) is 0 Å². The summed E-state index contributed by atoms with van der Waals surface area (Å²) in [5.41, 5.74) is 11.7. The fourth-order valence-corrected chi connectivity index (χ4v) is 8.74. The van der Waals surface area contributed by atoms with Gasteiger partial charge in [0, 0.05) is 49.0 Å². The molecule has 57 heavy (non-hydrogen) atoms. The van der Waals surface area contributed by atoms with E-state index in [2.05, 4.69) is 137 Å². The van der Waals surface area contributed by atoms with Crippen LogP contribution < -0.4 is 5.32 Å². The summed E-state index contributed by atoms with van der Waals surface area (Å²) in [5.74, 6) is 1.45. The molecule has 11 aromatic rings. The second-order valence-corrected chi connectivity index (χ2v) is 14.5. The Hall–Kier alpha value is -7.70. The van der Waals surface area contributed by atoms with Gasteiger partial charge in [-0.3, -0.25) is 0 Å². The van der Waals surface area contributed by atoms with Crippen LogP contribution in [0.1, 0.15) is 22.9 Å². The smallest absolute Gasteiger partial charge is 0.159 e. The summed E-state index contributed by atoms with van der Waals surface area (Å²) in [6, 6.07) is 63.1. The highest BCUT2D eigenvalue weighted by Crippen LogP contribution is 2.43. The Morgan fingerprint density at radius 2 is 1.12 bits per heavy atom. The van der Waals surface area contributed by atoms with Gasteiger partial charge >= 0.3 is 0 Å². The molecule has 8 aromatic carbocycles. The highest BCUT2D eigenvalue weighted by Gasteiger charge is 2.26. The van der Waals surface area contributed by atoms with Crippen molar-refractivity contribution in [1.29, 1.82) is 0 Å². The van der Waals surface area contributed by atoms with Crippen molar-refractivity contribution in [3.05, 3.63) is 199 Å². The molecular weight excluding hydrogens is 701 g/mol. The van der Waals surface area contributed by atoms with E-state index < -0.39 is 6.17 Å². The van der Waals surface area contributed by atoms with Gasteiger partial charge in [0.15, 0.2) is 11.4 Å². The maximum Gasteiger partial charge on any atom is 0.159 e. The first-order valence-electron chi connectivity index (χ1n) is 19.2. The minimum absolute atomic E-state index is 0.414. The number of nitrogens with one attached hydrogen (secondary N) is 1. The molecule has 0 spiro atoms. The van der Waals surface area contributed by atoms with Crippen molar-refractivity contribution in [1.82, 2.24) is 9.88 Å². The number of rotatable bonds is 5. The lowest BCUT2D eigenvalue weighted by molar-refractivity contribution is 0.662. The van der Waals surface area contributed by atoms with E-state index in [0.717, 1.165) is 94.3 Å². The summed E-state index contributed by atoms with van der Waals surface area (Å²) >= 11 is 0. The fraction of sp³-hybridized carbons (Fsp3) is 0.0196. The molecule has 6 nitrogen and oxygen atoms in total. The lowest BCUT2D eigenvalue weighted by Gasteiger charge is -2.24. The molecule has 1 aliphatic rings. The maximum atomic E-state index is 6.89. The quantitative estimate of drug-likeness (QED) is 0.192. The van der Waals surface area contributed by atoms with Gasteiger partial charge in [-0.1, -0.05) is 140 Å². The fourth-order valence-electron chi connectivity index (χ4n) is 8.74. The number of hydrogen-bond acceptors (Lipinski definition) is 5. The van der Waals surface area contributed by atoms with Gasteiger partial charge in [0.25, 0.3) is 0 Å². The van der Waals surface area contributed by atoms with E-state index in [1.807, 2.05) is 54.6 Å². The van der Waals surface area contributed by atoms with Crippen LogP contribution in [0.25, 0.3) is 82.5 Å². The molecule has 1 atom stereocenters. The third-order valence-electron chi connectivity index (χ3n) is 11.3. The molecule has 0 bridgehead atoms. The van der Waals surface area contributed by atoms with Gasteiger partial charge in [-0.05, 0) is 53.6 Å². The maximum absolute atomic E-state index is 6.89. The van der Waals surface area contributed by atoms with Gasteiger partial charge < -0.3 is 18.7 Å². The summed E-state index contributed by atoms with van der Waals surface area (Å²) in [6.45, 7) is 0. The molecule has 0 amide bonds. The van der Waals surface area contributed by atoms with Crippen molar-refractivity contribution in [2.75, 3.05) is 0 Å². The first-order valence-corrected chi connectivity index (χ1v) is 19.2. The van der Waals surface area contributed by atoms with Crippen molar-refractivity contribution < 1.29 is 8.83 Å². The molecule has 0 saturated heterocycles. The highest BCUT2D eigenvalue weighted by atomic mass is 16.3. The Bertz CT molecular complexity index is 3390. The Morgan fingerprint density at radius 3 is 1.89 bits per heavy atom. The molecule has 0 fully saturated rings. The number of furan rings is 2. The first-order chi connectivity index (χ1) is 28.3. The summed E-state index contributed by atoms with van der Waals surface area (Å²) in [5, 5.41) is 10.3. The molecule has 1 unspecified atom stereocenters. The van der Waals surface area contributed by atoms with E-state index in [4.69, 9.17) is 18.8 Å². The molecule has 1 N–H and O–H groups in total. The molecule has 1 aliphatic heterocycles. The van der Waals surface area contributed by atoms with Gasteiger partial charge in [-0.15, -0.1) is 0 Å².